The highest BCUT2D eigenvalue weighted by Gasteiger charge is 2.37. The van der Waals surface area contributed by atoms with E-state index in [2.05, 4.69) is 24.8 Å². The van der Waals surface area contributed by atoms with Crippen molar-refractivity contribution >= 4 is 29.0 Å². The molecule has 2 aliphatic heterocycles. The molecule has 0 radical (unpaired) electrons. The number of benzene rings is 2. The SMILES string of the molecule is CCC(CN1C(=O)C(C(CC)CC)N=C(c2ccccc2)c2cc(N3CCOCC3)ccc21)C(=O)O. The van der Waals surface area contributed by atoms with Crippen LogP contribution in [0.25, 0.3) is 0 Å². The highest BCUT2D eigenvalue weighted by molar-refractivity contribution is 6.20. The van der Waals surface area contributed by atoms with E-state index in [4.69, 9.17) is 9.73 Å². The van der Waals surface area contributed by atoms with E-state index in [0.717, 1.165) is 54.1 Å². The van der Waals surface area contributed by atoms with Gasteiger partial charge in [0.2, 0.25) is 0 Å². The van der Waals surface area contributed by atoms with Crippen LogP contribution in [0.3, 0.4) is 0 Å². The molecule has 2 aromatic rings. The molecule has 7 nitrogen and oxygen atoms in total. The Kier molecular flexibility index (Phi) is 8.41. The van der Waals surface area contributed by atoms with Gasteiger partial charge in [-0.25, -0.2) is 0 Å². The maximum atomic E-state index is 14.1. The Labute approximate surface area is 213 Å². The molecular weight excluding hydrogens is 454 g/mol. The van der Waals surface area contributed by atoms with Crippen molar-refractivity contribution in [3.63, 3.8) is 0 Å². The number of hydrogen-bond acceptors (Lipinski definition) is 5. The Balaban J connectivity index is 1.92. The molecule has 0 saturated carbocycles. The van der Waals surface area contributed by atoms with Gasteiger partial charge < -0.3 is 19.6 Å². The quantitative estimate of drug-likeness (QED) is 0.553. The Bertz CT molecular complexity index is 1090. The number of carboxylic acids is 1. The van der Waals surface area contributed by atoms with E-state index in [1.165, 1.54) is 0 Å². The number of carboxylic acid groups (broad SMARTS) is 1. The summed E-state index contributed by atoms with van der Waals surface area (Å²) in [6.07, 6.45) is 2.08. The molecule has 4 rings (SSSR count). The van der Waals surface area contributed by atoms with E-state index < -0.39 is 17.9 Å². The van der Waals surface area contributed by atoms with Crippen LogP contribution >= 0.6 is 0 Å². The third kappa shape index (κ3) is 5.31. The summed E-state index contributed by atoms with van der Waals surface area (Å²) < 4.78 is 5.55. The molecule has 2 atom stereocenters. The number of carbonyl (C=O) groups excluding carboxylic acids is 1. The van der Waals surface area contributed by atoms with Gasteiger partial charge in [0.25, 0.3) is 5.91 Å². The minimum atomic E-state index is -0.885. The van der Waals surface area contributed by atoms with Crippen molar-refractivity contribution in [3.8, 4) is 0 Å². The first kappa shape index (κ1) is 25.9. The first-order valence-electron chi connectivity index (χ1n) is 13.1. The standard InChI is InChI=1S/C29H37N3O4/c1-4-20(5-2)27-28(33)32(19-21(6-3)29(34)35)25-13-12-23(31-14-16-36-17-15-31)18-24(25)26(30-27)22-10-8-7-9-11-22/h7-13,18,20-21,27H,4-6,14-17,19H2,1-3H3,(H,34,35). The highest BCUT2D eigenvalue weighted by atomic mass is 16.5. The van der Waals surface area contributed by atoms with E-state index in [1.807, 2.05) is 49.4 Å². The Morgan fingerprint density at radius 1 is 1.06 bits per heavy atom. The molecule has 1 amide bonds. The van der Waals surface area contributed by atoms with Crippen molar-refractivity contribution < 1.29 is 19.4 Å². The summed E-state index contributed by atoms with van der Waals surface area (Å²) in [7, 11) is 0. The summed E-state index contributed by atoms with van der Waals surface area (Å²) in [6.45, 7) is 9.10. The third-order valence-electron chi connectivity index (χ3n) is 7.48. The average Bonchev–Trinajstić information content (AvgIpc) is 3.03. The summed E-state index contributed by atoms with van der Waals surface area (Å²) in [6, 6.07) is 15.5. The van der Waals surface area contributed by atoms with Crippen molar-refractivity contribution in [1.29, 1.82) is 0 Å². The van der Waals surface area contributed by atoms with Crippen LogP contribution in [-0.4, -0.2) is 61.6 Å². The van der Waals surface area contributed by atoms with Gasteiger partial charge in [-0.15, -0.1) is 0 Å². The van der Waals surface area contributed by atoms with E-state index in [0.29, 0.717) is 19.6 Å². The van der Waals surface area contributed by atoms with Crippen LogP contribution in [0.5, 0.6) is 0 Å². The smallest absolute Gasteiger partial charge is 0.308 e. The van der Waals surface area contributed by atoms with E-state index >= 15 is 0 Å². The molecule has 0 aromatic heterocycles. The van der Waals surface area contributed by atoms with Crippen LogP contribution in [0.15, 0.2) is 53.5 Å². The fraction of sp³-hybridized carbons (Fsp3) is 0.483. The zero-order chi connectivity index (χ0) is 25.7. The monoisotopic (exact) mass is 491 g/mol. The van der Waals surface area contributed by atoms with Crippen LogP contribution in [-0.2, 0) is 14.3 Å². The predicted octanol–water partition coefficient (Wildman–Crippen LogP) is 4.62. The minimum Gasteiger partial charge on any atom is -0.481 e. The van der Waals surface area contributed by atoms with Gasteiger partial charge in [0, 0.05) is 36.4 Å². The third-order valence-corrected chi connectivity index (χ3v) is 7.48. The number of nitrogens with zero attached hydrogens (tertiary/aromatic N) is 3. The van der Waals surface area contributed by atoms with Gasteiger partial charge in [0.05, 0.1) is 30.5 Å². The van der Waals surface area contributed by atoms with Crippen molar-refractivity contribution in [2.24, 2.45) is 16.8 Å². The lowest BCUT2D eigenvalue weighted by Gasteiger charge is -2.32. The van der Waals surface area contributed by atoms with Gasteiger partial charge in [0.15, 0.2) is 0 Å². The fourth-order valence-electron chi connectivity index (χ4n) is 5.17. The van der Waals surface area contributed by atoms with Gasteiger partial charge in [-0.2, -0.15) is 0 Å². The number of carbonyl (C=O) groups is 2. The van der Waals surface area contributed by atoms with Crippen LogP contribution < -0.4 is 9.80 Å². The second-order valence-corrected chi connectivity index (χ2v) is 9.56. The van der Waals surface area contributed by atoms with E-state index in [-0.39, 0.29) is 18.4 Å². The van der Waals surface area contributed by atoms with Gasteiger partial charge in [0.1, 0.15) is 6.04 Å². The lowest BCUT2D eigenvalue weighted by Crippen LogP contribution is -2.44. The minimum absolute atomic E-state index is 0.0663. The zero-order valence-electron chi connectivity index (χ0n) is 21.5. The van der Waals surface area contributed by atoms with Crippen LogP contribution in [0.4, 0.5) is 11.4 Å². The molecule has 7 heteroatoms. The van der Waals surface area contributed by atoms with Crippen molar-refractivity contribution in [2.45, 2.75) is 46.1 Å². The van der Waals surface area contributed by atoms with Gasteiger partial charge in [-0.3, -0.25) is 14.6 Å². The summed E-state index contributed by atoms with van der Waals surface area (Å²) in [5.41, 5.74) is 4.39. The number of benzodiazepines with no additional fused rings is 1. The molecule has 1 fully saturated rings. The second-order valence-electron chi connectivity index (χ2n) is 9.56. The molecule has 0 bridgehead atoms. The number of hydrogen-bond donors (Lipinski definition) is 1. The average molecular weight is 492 g/mol. The molecule has 192 valence electrons. The predicted molar refractivity (Wildman–Crippen MR) is 143 cm³/mol. The normalized spacial score (nSPS) is 19.1. The maximum Gasteiger partial charge on any atom is 0.308 e. The molecule has 2 aromatic carbocycles. The molecule has 2 heterocycles. The Morgan fingerprint density at radius 3 is 2.36 bits per heavy atom. The lowest BCUT2D eigenvalue weighted by molar-refractivity contribution is -0.141. The highest BCUT2D eigenvalue weighted by Crippen LogP contribution is 2.35. The number of anilines is 2. The number of ether oxygens (including phenoxy) is 1. The molecule has 36 heavy (non-hydrogen) atoms. The number of fused-ring (bicyclic) bond motifs is 1. The number of morpholine rings is 1. The zero-order valence-corrected chi connectivity index (χ0v) is 21.5. The molecule has 2 aliphatic rings. The number of aliphatic carboxylic acids is 1. The van der Waals surface area contributed by atoms with Gasteiger partial charge >= 0.3 is 5.97 Å². The number of amides is 1. The molecule has 0 spiro atoms. The molecule has 1 saturated heterocycles. The lowest BCUT2D eigenvalue weighted by atomic mass is 9.93. The van der Waals surface area contributed by atoms with Gasteiger partial charge in [-0.05, 0) is 30.5 Å². The van der Waals surface area contributed by atoms with Crippen molar-refractivity contribution in [3.05, 3.63) is 59.7 Å². The van der Waals surface area contributed by atoms with Crippen molar-refractivity contribution in [2.75, 3.05) is 42.6 Å². The first-order valence-corrected chi connectivity index (χ1v) is 13.1. The van der Waals surface area contributed by atoms with Crippen LogP contribution in [0.1, 0.15) is 51.2 Å². The summed E-state index contributed by atoms with van der Waals surface area (Å²) in [5, 5.41) is 9.84. The van der Waals surface area contributed by atoms with Crippen LogP contribution in [0.2, 0.25) is 0 Å². The Hall–Kier alpha value is -3.19. The van der Waals surface area contributed by atoms with E-state index in [9.17, 15) is 14.7 Å². The largest absolute Gasteiger partial charge is 0.481 e. The topological polar surface area (TPSA) is 82.4 Å². The van der Waals surface area contributed by atoms with Gasteiger partial charge in [-0.1, -0.05) is 63.9 Å². The molecule has 1 N–H and O–H groups in total. The number of aliphatic imine (C=N–C) groups is 1. The first-order chi connectivity index (χ1) is 17.5. The summed E-state index contributed by atoms with van der Waals surface area (Å²) in [5.74, 6) is -1.59. The van der Waals surface area contributed by atoms with E-state index in [1.54, 1.807) is 4.90 Å². The summed E-state index contributed by atoms with van der Waals surface area (Å²) >= 11 is 0. The maximum absolute atomic E-state index is 14.1. The second kappa shape index (κ2) is 11.7. The fourth-order valence-corrected chi connectivity index (χ4v) is 5.17. The number of rotatable bonds is 9. The van der Waals surface area contributed by atoms with Crippen molar-refractivity contribution in [1.82, 2.24) is 0 Å². The molecule has 0 aliphatic carbocycles. The summed E-state index contributed by atoms with van der Waals surface area (Å²) in [4.78, 5) is 35.2. The molecule has 2 unspecified atom stereocenters. The van der Waals surface area contributed by atoms with Crippen LogP contribution in [0, 0.1) is 11.8 Å². The molecular formula is C29H37N3O4. The Morgan fingerprint density at radius 2 is 1.75 bits per heavy atom.